The fourth-order valence-corrected chi connectivity index (χ4v) is 2.02. The van der Waals surface area contributed by atoms with Gasteiger partial charge in [-0.25, -0.2) is 0 Å². The molecule has 0 unspecified atom stereocenters. The van der Waals surface area contributed by atoms with Gasteiger partial charge in [0.25, 0.3) is 0 Å². The Labute approximate surface area is 96.5 Å². The van der Waals surface area contributed by atoms with Crippen LogP contribution in [0.3, 0.4) is 0 Å². The molecule has 92 valence electrons. The van der Waals surface area contributed by atoms with Gasteiger partial charge in [-0.2, -0.15) is 0 Å². The van der Waals surface area contributed by atoms with Gasteiger partial charge in [-0.05, 0) is 0 Å². The first-order valence-electron chi connectivity index (χ1n) is 6.12. The molecular formula is C11H21N3O2. The number of hydrogen-bond acceptors (Lipinski definition) is 4. The third-order valence-corrected chi connectivity index (χ3v) is 3.14. The molecule has 0 aromatic carbocycles. The average molecular weight is 227 g/mol. The van der Waals surface area contributed by atoms with Crippen LogP contribution in [0.15, 0.2) is 0 Å². The smallest absolute Gasteiger partial charge is 0.220 e. The van der Waals surface area contributed by atoms with Crippen molar-refractivity contribution >= 4 is 5.91 Å². The topological polar surface area (TPSA) is 53.6 Å². The standard InChI is InChI=1S/C11H21N3O2/c15-11(7-10-8-16-9-10)13-3-6-14-4-1-12-2-5-14/h10,12H,1-9H2,(H,13,15). The Morgan fingerprint density at radius 2 is 2.12 bits per heavy atom. The van der Waals surface area contributed by atoms with Gasteiger partial charge in [-0.15, -0.1) is 0 Å². The van der Waals surface area contributed by atoms with Crippen molar-refractivity contribution in [1.29, 1.82) is 0 Å². The summed E-state index contributed by atoms with van der Waals surface area (Å²) in [6.07, 6.45) is 0.627. The van der Waals surface area contributed by atoms with Gasteiger partial charge in [0, 0.05) is 51.6 Å². The van der Waals surface area contributed by atoms with Crippen molar-refractivity contribution in [1.82, 2.24) is 15.5 Å². The second-order valence-corrected chi connectivity index (χ2v) is 4.55. The summed E-state index contributed by atoms with van der Waals surface area (Å²) in [6.45, 7) is 7.55. The molecule has 0 bridgehead atoms. The van der Waals surface area contributed by atoms with Crippen molar-refractivity contribution < 1.29 is 9.53 Å². The van der Waals surface area contributed by atoms with Crippen LogP contribution in [0.2, 0.25) is 0 Å². The van der Waals surface area contributed by atoms with Crippen LogP contribution in [0.1, 0.15) is 6.42 Å². The molecule has 2 aliphatic heterocycles. The largest absolute Gasteiger partial charge is 0.381 e. The van der Waals surface area contributed by atoms with E-state index in [0.29, 0.717) is 12.3 Å². The zero-order valence-electron chi connectivity index (χ0n) is 9.71. The van der Waals surface area contributed by atoms with Gasteiger partial charge in [0.15, 0.2) is 0 Å². The van der Waals surface area contributed by atoms with Crippen LogP contribution in [0.4, 0.5) is 0 Å². The highest BCUT2D eigenvalue weighted by Gasteiger charge is 2.21. The summed E-state index contributed by atoms with van der Waals surface area (Å²) >= 11 is 0. The summed E-state index contributed by atoms with van der Waals surface area (Å²) in [7, 11) is 0. The number of nitrogens with zero attached hydrogens (tertiary/aromatic N) is 1. The molecule has 0 spiro atoms. The van der Waals surface area contributed by atoms with E-state index in [-0.39, 0.29) is 5.91 Å². The van der Waals surface area contributed by atoms with Crippen molar-refractivity contribution in [2.45, 2.75) is 6.42 Å². The van der Waals surface area contributed by atoms with Gasteiger partial charge < -0.3 is 15.4 Å². The Balaban J connectivity index is 1.51. The minimum Gasteiger partial charge on any atom is -0.381 e. The molecule has 0 atom stereocenters. The summed E-state index contributed by atoms with van der Waals surface area (Å²) < 4.78 is 5.04. The van der Waals surface area contributed by atoms with E-state index in [9.17, 15) is 4.79 Å². The molecule has 0 aliphatic carbocycles. The predicted octanol–water partition coefficient (Wildman–Crippen LogP) is -0.956. The van der Waals surface area contributed by atoms with Gasteiger partial charge >= 0.3 is 0 Å². The lowest BCUT2D eigenvalue weighted by Gasteiger charge is -2.28. The van der Waals surface area contributed by atoms with Crippen molar-refractivity contribution in [2.24, 2.45) is 5.92 Å². The summed E-state index contributed by atoms with van der Waals surface area (Å²) in [4.78, 5) is 13.9. The van der Waals surface area contributed by atoms with Gasteiger partial charge in [-0.3, -0.25) is 9.69 Å². The van der Waals surface area contributed by atoms with E-state index in [1.807, 2.05) is 0 Å². The number of hydrogen-bond donors (Lipinski definition) is 2. The molecule has 2 rings (SSSR count). The maximum absolute atomic E-state index is 11.5. The minimum atomic E-state index is 0.170. The molecule has 16 heavy (non-hydrogen) atoms. The van der Waals surface area contributed by atoms with Gasteiger partial charge in [0.1, 0.15) is 0 Å². The van der Waals surface area contributed by atoms with Crippen LogP contribution in [-0.2, 0) is 9.53 Å². The number of carbonyl (C=O) groups excluding carboxylic acids is 1. The molecule has 0 saturated carbocycles. The van der Waals surface area contributed by atoms with E-state index in [4.69, 9.17) is 4.74 Å². The van der Waals surface area contributed by atoms with Crippen LogP contribution in [0.5, 0.6) is 0 Å². The van der Waals surface area contributed by atoms with Gasteiger partial charge in [0.05, 0.1) is 13.2 Å². The number of piperazine rings is 1. The monoisotopic (exact) mass is 227 g/mol. The lowest BCUT2D eigenvalue weighted by molar-refractivity contribution is -0.126. The highest BCUT2D eigenvalue weighted by molar-refractivity contribution is 5.76. The molecule has 2 fully saturated rings. The molecular weight excluding hydrogens is 206 g/mol. The molecule has 0 aromatic rings. The second-order valence-electron chi connectivity index (χ2n) is 4.55. The van der Waals surface area contributed by atoms with Crippen LogP contribution in [0.25, 0.3) is 0 Å². The summed E-state index contributed by atoms with van der Waals surface area (Å²) in [5, 5.41) is 6.28. The zero-order valence-corrected chi connectivity index (χ0v) is 9.71. The maximum atomic E-state index is 11.5. The van der Waals surface area contributed by atoms with Gasteiger partial charge in [0.2, 0.25) is 5.91 Å². The molecule has 0 aromatic heterocycles. The van der Waals surface area contributed by atoms with Crippen LogP contribution < -0.4 is 10.6 Å². The number of amides is 1. The van der Waals surface area contributed by atoms with E-state index in [2.05, 4.69) is 15.5 Å². The zero-order chi connectivity index (χ0) is 11.2. The quantitative estimate of drug-likeness (QED) is 0.635. The number of rotatable bonds is 5. The second kappa shape index (κ2) is 6.18. The fourth-order valence-electron chi connectivity index (χ4n) is 2.02. The number of ether oxygens (including phenoxy) is 1. The fraction of sp³-hybridized carbons (Fsp3) is 0.909. The SMILES string of the molecule is O=C(CC1COC1)NCCN1CCNCC1. The first-order valence-corrected chi connectivity index (χ1v) is 6.12. The van der Waals surface area contributed by atoms with Crippen LogP contribution >= 0.6 is 0 Å². The Hall–Kier alpha value is -0.650. The van der Waals surface area contributed by atoms with E-state index in [1.165, 1.54) is 0 Å². The average Bonchev–Trinajstić information content (AvgIpc) is 2.25. The third kappa shape index (κ3) is 3.73. The molecule has 0 radical (unpaired) electrons. The van der Waals surface area contributed by atoms with Crippen molar-refractivity contribution in [3.05, 3.63) is 0 Å². The van der Waals surface area contributed by atoms with Crippen molar-refractivity contribution in [3.8, 4) is 0 Å². The normalized spacial score (nSPS) is 22.8. The first-order chi connectivity index (χ1) is 7.84. The Kier molecular flexibility index (Phi) is 4.56. The molecule has 2 N–H and O–H groups in total. The van der Waals surface area contributed by atoms with Gasteiger partial charge in [-0.1, -0.05) is 0 Å². The highest BCUT2D eigenvalue weighted by Crippen LogP contribution is 2.13. The molecule has 5 nitrogen and oxygen atoms in total. The molecule has 5 heteroatoms. The summed E-state index contributed by atoms with van der Waals surface area (Å²) in [5.41, 5.74) is 0. The molecule has 2 aliphatic rings. The molecule has 2 heterocycles. The van der Waals surface area contributed by atoms with Crippen LogP contribution in [-0.4, -0.2) is 63.3 Å². The van der Waals surface area contributed by atoms with Crippen molar-refractivity contribution in [2.75, 3.05) is 52.5 Å². The lowest BCUT2D eigenvalue weighted by Crippen LogP contribution is -2.46. The Bertz CT molecular complexity index is 225. The van der Waals surface area contributed by atoms with E-state index < -0.39 is 0 Å². The highest BCUT2D eigenvalue weighted by atomic mass is 16.5. The maximum Gasteiger partial charge on any atom is 0.220 e. The Morgan fingerprint density at radius 1 is 1.38 bits per heavy atom. The van der Waals surface area contributed by atoms with E-state index >= 15 is 0 Å². The summed E-state index contributed by atoms with van der Waals surface area (Å²) in [6, 6.07) is 0. The van der Waals surface area contributed by atoms with E-state index in [0.717, 1.165) is 52.5 Å². The number of nitrogens with one attached hydrogen (secondary N) is 2. The third-order valence-electron chi connectivity index (χ3n) is 3.14. The predicted molar refractivity (Wildman–Crippen MR) is 61.2 cm³/mol. The molecule has 2 saturated heterocycles. The first kappa shape index (κ1) is 11.8. The Morgan fingerprint density at radius 3 is 2.75 bits per heavy atom. The van der Waals surface area contributed by atoms with Crippen LogP contribution in [0, 0.1) is 5.92 Å². The lowest BCUT2D eigenvalue weighted by atomic mass is 10.0. The summed E-state index contributed by atoms with van der Waals surface area (Å²) in [5.74, 6) is 0.627. The molecule has 1 amide bonds. The van der Waals surface area contributed by atoms with Crippen molar-refractivity contribution in [3.63, 3.8) is 0 Å². The van der Waals surface area contributed by atoms with E-state index in [1.54, 1.807) is 0 Å². The minimum absolute atomic E-state index is 0.170. The number of carbonyl (C=O) groups is 1.